The van der Waals surface area contributed by atoms with Crippen molar-refractivity contribution in [3.8, 4) is 5.75 Å². The highest BCUT2D eigenvalue weighted by Gasteiger charge is 2.76. The number of rotatable bonds is 2. The Morgan fingerprint density at radius 1 is 1.10 bits per heavy atom. The molecule has 3 nitrogen and oxygen atoms in total. The SMILES string of the molecule is C[C@]12CCC3c4ccc(OC(=O)c5ccccc5)cc4CCC3[C@@]13C[C@H]3CC2=O. The Balaban J connectivity index is 1.28. The second-order valence-electron chi connectivity index (χ2n) is 9.81. The number of Topliss-reactive ketones (excluding diaryl/α,β-unsaturated/α-hetero) is 1. The maximum absolute atomic E-state index is 12.7. The lowest BCUT2D eigenvalue weighted by Gasteiger charge is -2.50. The van der Waals surface area contributed by atoms with Crippen LogP contribution in [0, 0.1) is 22.7 Å². The molecule has 29 heavy (non-hydrogen) atoms. The fourth-order valence-electron chi connectivity index (χ4n) is 7.33. The molecule has 0 bridgehead atoms. The van der Waals surface area contributed by atoms with E-state index in [2.05, 4.69) is 19.1 Å². The first-order chi connectivity index (χ1) is 14.0. The first-order valence-corrected chi connectivity index (χ1v) is 11.0. The second-order valence-corrected chi connectivity index (χ2v) is 9.81. The molecule has 4 aliphatic rings. The van der Waals surface area contributed by atoms with Gasteiger partial charge in [-0.3, -0.25) is 4.79 Å². The monoisotopic (exact) mass is 386 g/mol. The molecule has 2 aromatic rings. The molecule has 4 aliphatic carbocycles. The van der Waals surface area contributed by atoms with E-state index in [1.807, 2.05) is 24.3 Å². The molecule has 0 saturated heterocycles. The number of ether oxygens (including phenoxy) is 1. The highest BCUT2D eigenvalue weighted by molar-refractivity contribution is 5.91. The molecular weight excluding hydrogens is 360 g/mol. The van der Waals surface area contributed by atoms with E-state index in [0.29, 0.717) is 34.8 Å². The zero-order valence-corrected chi connectivity index (χ0v) is 16.8. The second kappa shape index (κ2) is 5.81. The molecular formula is C26H26O3. The molecule has 0 heterocycles. The van der Waals surface area contributed by atoms with Gasteiger partial charge in [0.2, 0.25) is 0 Å². The van der Waals surface area contributed by atoms with Gasteiger partial charge in [0.25, 0.3) is 0 Å². The molecule has 3 fully saturated rings. The summed E-state index contributed by atoms with van der Waals surface area (Å²) in [4.78, 5) is 25.1. The zero-order valence-electron chi connectivity index (χ0n) is 16.8. The molecule has 0 radical (unpaired) electrons. The topological polar surface area (TPSA) is 43.4 Å². The maximum atomic E-state index is 12.7. The van der Waals surface area contributed by atoms with E-state index in [0.717, 1.165) is 32.1 Å². The van der Waals surface area contributed by atoms with Gasteiger partial charge in [0, 0.05) is 11.8 Å². The summed E-state index contributed by atoms with van der Waals surface area (Å²) in [6, 6.07) is 15.4. The lowest BCUT2D eigenvalue weighted by molar-refractivity contribution is -0.132. The van der Waals surface area contributed by atoms with Crippen molar-refractivity contribution in [2.45, 2.75) is 51.4 Å². The van der Waals surface area contributed by atoms with Crippen molar-refractivity contribution in [1.82, 2.24) is 0 Å². The number of carbonyl (C=O) groups excluding carboxylic acids is 2. The fraction of sp³-hybridized carbons (Fsp3) is 0.462. The Labute approximate surface area is 171 Å². The summed E-state index contributed by atoms with van der Waals surface area (Å²) in [5.41, 5.74) is 3.54. The Kier molecular flexibility index (Phi) is 3.49. The predicted molar refractivity (Wildman–Crippen MR) is 110 cm³/mol. The van der Waals surface area contributed by atoms with Crippen LogP contribution in [-0.2, 0) is 11.2 Å². The molecule has 6 rings (SSSR count). The average Bonchev–Trinajstić information content (AvgIpc) is 3.40. The number of esters is 1. The van der Waals surface area contributed by atoms with Crippen molar-refractivity contribution in [1.29, 1.82) is 0 Å². The Bertz CT molecular complexity index is 1030. The number of ketones is 1. The zero-order chi connectivity index (χ0) is 19.8. The average molecular weight is 386 g/mol. The standard InChI is InChI=1S/C26H26O3/c1-25-12-11-21-20-9-8-19(29-24(28)16-5-3-2-4-6-16)13-17(20)7-10-22(21)26(25)15-18(26)14-23(25)27/h2-6,8-9,13,18,21-22H,7,10-12,14-15H2,1H3/t18-,21?,22?,25-,26+/m1/s1. The maximum Gasteiger partial charge on any atom is 0.343 e. The summed E-state index contributed by atoms with van der Waals surface area (Å²) in [5, 5.41) is 0. The number of aryl methyl sites for hydroxylation is 1. The largest absolute Gasteiger partial charge is 0.423 e. The first-order valence-electron chi connectivity index (χ1n) is 11.0. The van der Waals surface area contributed by atoms with E-state index in [1.54, 1.807) is 12.1 Å². The molecule has 0 aromatic heterocycles. The lowest BCUT2D eigenvalue weighted by Crippen LogP contribution is -2.46. The van der Waals surface area contributed by atoms with Gasteiger partial charge in [-0.25, -0.2) is 4.79 Å². The number of hydrogen-bond donors (Lipinski definition) is 0. The van der Waals surface area contributed by atoms with Crippen LogP contribution < -0.4 is 4.74 Å². The summed E-state index contributed by atoms with van der Waals surface area (Å²) in [6.45, 7) is 2.26. The van der Waals surface area contributed by atoms with E-state index >= 15 is 0 Å². The molecule has 3 heteroatoms. The van der Waals surface area contributed by atoms with Crippen molar-refractivity contribution in [3.05, 3.63) is 65.2 Å². The van der Waals surface area contributed by atoms with Crippen molar-refractivity contribution in [2.24, 2.45) is 22.7 Å². The molecule has 0 aliphatic heterocycles. The Morgan fingerprint density at radius 2 is 1.93 bits per heavy atom. The third-order valence-corrected chi connectivity index (χ3v) is 8.79. The minimum absolute atomic E-state index is 0.0680. The van der Waals surface area contributed by atoms with Crippen LogP contribution >= 0.6 is 0 Å². The Hall–Kier alpha value is -2.42. The molecule has 3 saturated carbocycles. The summed E-state index contributed by atoms with van der Waals surface area (Å²) in [6.07, 6.45) is 6.41. The van der Waals surface area contributed by atoms with Gasteiger partial charge in [-0.05, 0) is 90.7 Å². The van der Waals surface area contributed by atoms with Crippen LogP contribution in [0.5, 0.6) is 5.75 Å². The molecule has 2 aromatic carbocycles. The van der Waals surface area contributed by atoms with Gasteiger partial charge >= 0.3 is 5.97 Å². The predicted octanol–water partition coefficient (Wildman–Crippen LogP) is 5.33. The normalized spacial score (nSPS) is 36.4. The summed E-state index contributed by atoms with van der Waals surface area (Å²) < 4.78 is 5.65. The van der Waals surface area contributed by atoms with Crippen LogP contribution in [0.25, 0.3) is 0 Å². The number of benzene rings is 2. The Morgan fingerprint density at radius 3 is 2.76 bits per heavy atom. The highest BCUT2D eigenvalue weighted by atomic mass is 16.5. The van der Waals surface area contributed by atoms with Gasteiger partial charge in [-0.15, -0.1) is 0 Å². The highest BCUT2D eigenvalue weighted by Crippen LogP contribution is 2.80. The smallest absolute Gasteiger partial charge is 0.343 e. The van der Waals surface area contributed by atoms with Gasteiger partial charge in [-0.1, -0.05) is 31.2 Å². The molecule has 5 atom stereocenters. The molecule has 2 unspecified atom stereocenters. The molecule has 1 spiro atoms. The van der Waals surface area contributed by atoms with E-state index in [9.17, 15) is 9.59 Å². The fourth-order valence-corrected chi connectivity index (χ4v) is 7.33. The van der Waals surface area contributed by atoms with Gasteiger partial charge in [0.1, 0.15) is 11.5 Å². The minimum atomic E-state index is -0.308. The van der Waals surface area contributed by atoms with E-state index in [1.165, 1.54) is 17.5 Å². The number of carbonyl (C=O) groups is 2. The van der Waals surface area contributed by atoms with Crippen LogP contribution in [0.1, 0.15) is 66.4 Å². The van der Waals surface area contributed by atoms with E-state index in [4.69, 9.17) is 4.74 Å². The van der Waals surface area contributed by atoms with Crippen LogP contribution in [0.15, 0.2) is 48.5 Å². The van der Waals surface area contributed by atoms with Crippen molar-refractivity contribution in [2.75, 3.05) is 0 Å². The summed E-state index contributed by atoms with van der Waals surface area (Å²) in [7, 11) is 0. The lowest BCUT2D eigenvalue weighted by atomic mass is 9.52. The van der Waals surface area contributed by atoms with Gasteiger partial charge < -0.3 is 4.74 Å². The third-order valence-electron chi connectivity index (χ3n) is 8.79. The van der Waals surface area contributed by atoms with Gasteiger partial charge in [0.05, 0.1) is 5.56 Å². The minimum Gasteiger partial charge on any atom is -0.423 e. The van der Waals surface area contributed by atoms with Gasteiger partial charge in [0.15, 0.2) is 0 Å². The third kappa shape index (κ3) is 2.25. The van der Waals surface area contributed by atoms with Gasteiger partial charge in [-0.2, -0.15) is 0 Å². The van der Waals surface area contributed by atoms with E-state index in [-0.39, 0.29) is 16.8 Å². The first kappa shape index (κ1) is 17.4. The van der Waals surface area contributed by atoms with Crippen LogP contribution in [-0.4, -0.2) is 11.8 Å². The van der Waals surface area contributed by atoms with Crippen LogP contribution in [0.4, 0.5) is 0 Å². The summed E-state index contributed by atoms with van der Waals surface area (Å²) in [5.74, 6) is 2.69. The van der Waals surface area contributed by atoms with Crippen molar-refractivity contribution in [3.63, 3.8) is 0 Å². The molecule has 148 valence electrons. The van der Waals surface area contributed by atoms with E-state index < -0.39 is 0 Å². The van der Waals surface area contributed by atoms with Crippen LogP contribution in [0.2, 0.25) is 0 Å². The molecule has 0 amide bonds. The van der Waals surface area contributed by atoms with Crippen molar-refractivity contribution >= 4 is 11.8 Å². The molecule has 0 N–H and O–H groups in total. The van der Waals surface area contributed by atoms with Crippen LogP contribution in [0.3, 0.4) is 0 Å². The quantitative estimate of drug-likeness (QED) is 0.517. The number of hydrogen-bond acceptors (Lipinski definition) is 3. The number of fused-ring (bicyclic) bond motifs is 3. The summed E-state index contributed by atoms with van der Waals surface area (Å²) >= 11 is 0. The van der Waals surface area contributed by atoms with Crippen molar-refractivity contribution < 1.29 is 14.3 Å².